The van der Waals surface area contributed by atoms with E-state index in [9.17, 15) is 18.8 Å². The zero-order chi connectivity index (χ0) is 29.7. The fourth-order valence-corrected chi connectivity index (χ4v) is 4.14. The van der Waals surface area contributed by atoms with Crippen molar-refractivity contribution >= 4 is 46.8 Å². The smallest absolute Gasteiger partial charge is 0.267 e. The van der Waals surface area contributed by atoms with Gasteiger partial charge >= 0.3 is 0 Å². The molecule has 0 saturated heterocycles. The highest BCUT2D eigenvalue weighted by Gasteiger charge is 2.57. The van der Waals surface area contributed by atoms with E-state index in [-0.39, 0.29) is 11.8 Å². The molecule has 12 heteroatoms. The Morgan fingerprint density at radius 2 is 1.60 bits per heavy atom. The minimum Gasteiger partial charge on any atom is -0.439 e. The van der Waals surface area contributed by atoms with Crippen LogP contribution >= 0.6 is 0 Å². The van der Waals surface area contributed by atoms with Gasteiger partial charge in [-0.15, -0.1) is 0 Å². The summed E-state index contributed by atoms with van der Waals surface area (Å²) in [5, 5.41) is 11.6. The molecule has 1 aliphatic carbocycles. The summed E-state index contributed by atoms with van der Waals surface area (Å²) in [5.41, 5.74) is 8.08. The summed E-state index contributed by atoms with van der Waals surface area (Å²) >= 11 is 0. The summed E-state index contributed by atoms with van der Waals surface area (Å²) in [7, 11) is 0. The van der Waals surface area contributed by atoms with E-state index in [2.05, 4.69) is 15.3 Å². The van der Waals surface area contributed by atoms with Crippen LogP contribution in [-0.2, 0) is 14.4 Å². The van der Waals surface area contributed by atoms with Crippen LogP contribution in [0, 0.1) is 11.2 Å². The summed E-state index contributed by atoms with van der Waals surface area (Å²) in [6.45, 7) is 0. The first-order valence-electron chi connectivity index (χ1n) is 12.8. The number of primary amides is 1. The van der Waals surface area contributed by atoms with Gasteiger partial charge in [-0.25, -0.2) is 14.9 Å². The van der Waals surface area contributed by atoms with Gasteiger partial charge in [-0.2, -0.15) is 4.98 Å². The van der Waals surface area contributed by atoms with Gasteiger partial charge < -0.3 is 15.8 Å². The fraction of sp³-hybridized carbons (Fsp3) is 0.100. The zero-order valence-electron chi connectivity index (χ0n) is 22.0. The van der Waals surface area contributed by atoms with Gasteiger partial charge in [-0.3, -0.25) is 24.5 Å². The second-order valence-electron chi connectivity index (χ2n) is 9.43. The van der Waals surface area contributed by atoms with E-state index >= 15 is 0 Å². The van der Waals surface area contributed by atoms with Gasteiger partial charge in [0.05, 0.1) is 0 Å². The van der Waals surface area contributed by atoms with Crippen LogP contribution in [0.1, 0.15) is 18.4 Å². The fourth-order valence-electron chi connectivity index (χ4n) is 4.14. The third-order valence-electron chi connectivity index (χ3n) is 6.57. The van der Waals surface area contributed by atoms with Crippen LogP contribution < -0.4 is 26.2 Å². The summed E-state index contributed by atoms with van der Waals surface area (Å²) in [6.07, 6.45) is 4.98. The largest absolute Gasteiger partial charge is 0.439 e. The molecular formula is C30H25FN6O5. The van der Waals surface area contributed by atoms with Crippen LogP contribution in [0.4, 0.5) is 27.4 Å². The number of hydrogen-bond acceptors (Lipinski definition) is 8. The predicted molar refractivity (Wildman–Crippen MR) is 152 cm³/mol. The first kappa shape index (κ1) is 27.9. The molecule has 0 spiro atoms. The lowest BCUT2D eigenvalue weighted by Crippen LogP contribution is -2.41. The predicted octanol–water partition coefficient (Wildman–Crippen LogP) is 4.60. The summed E-state index contributed by atoms with van der Waals surface area (Å²) in [4.78, 5) is 46.6. The maximum atomic E-state index is 13.6. The van der Waals surface area contributed by atoms with Crippen molar-refractivity contribution in [1.29, 1.82) is 0 Å². The van der Waals surface area contributed by atoms with Crippen molar-refractivity contribution < 1.29 is 28.7 Å². The van der Waals surface area contributed by atoms with Crippen molar-refractivity contribution in [2.45, 2.75) is 12.8 Å². The van der Waals surface area contributed by atoms with Crippen LogP contribution in [0.3, 0.4) is 0 Å². The SMILES string of the molecule is NC(=O)C1(C(=O)N(c2ccc(F)cc2)c2ccc(Oc3ccnc(Nc4ccc(/C=C/C(=O)NO)cc4)n3)cc2)CC1. The molecule has 1 saturated carbocycles. The minimum absolute atomic E-state index is 0.256. The number of rotatable bonds is 10. The van der Waals surface area contributed by atoms with E-state index in [4.69, 9.17) is 15.7 Å². The lowest BCUT2D eigenvalue weighted by Gasteiger charge is -2.26. The lowest BCUT2D eigenvalue weighted by atomic mass is 10.0. The number of anilines is 4. The van der Waals surface area contributed by atoms with Crippen LogP contribution in [0.2, 0.25) is 0 Å². The quantitative estimate of drug-likeness (QED) is 0.0935. The molecule has 3 amide bonds. The van der Waals surface area contributed by atoms with Crippen LogP contribution in [0.25, 0.3) is 6.08 Å². The third kappa shape index (κ3) is 6.24. The molecule has 1 aromatic heterocycles. The molecule has 3 aromatic carbocycles. The number of nitrogens with zero attached hydrogens (tertiary/aromatic N) is 3. The number of nitrogens with one attached hydrogen (secondary N) is 2. The third-order valence-corrected chi connectivity index (χ3v) is 6.57. The highest BCUT2D eigenvalue weighted by atomic mass is 19.1. The van der Waals surface area contributed by atoms with Crippen molar-refractivity contribution in [3.63, 3.8) is 0 Å². The lowest BCUT2D eigenvalue weighted by molar-refractivity contribution is -0.133. The Kier molecular flexibility index (Phi) is 7.89. The number of amides is 3. The van der Waals surface area contributed by atoms with Gasteiger partial charge in [0.15, 0.2) is 0 Å². The average Bonchev–Trinajstić information content (AvgIpc) is 3.81. The monoisotopic (exact) mass is 568 g/mol. The second kappa shape index (κ2) is 11.9. The molecule has 4 aromatic rings. The Morgan fingerprint density at radius 1 is 0.952 bits per heavy atom. The van der Waals surface area contributed by atoms with Gasteiger partial charge in [0, 0.05) is 35.4 Å². The topological polar surface area (TPSA) is 160 Å². The van der Waals surface area contributed by atoms with Crippen LogP contribution in [-0.4, -0.2) is 32.9 Å². The van der Waals surface area contributed by atoms with Crippen molar-refractivity contribution in [2.75, 3.05) is 10.2 Å². The molecule has 5 rings (SSSR count). The van der Waals surface area contributed by atoms with Gasteiger partial charge in [-0.05, 0) is 85.1 Å². The summed E-state index contributed by atoms with van der Waals surface area (Å²) in [5.74, 6) is -1.29. The number of hydroxylamine groups is 1. The van der Waals surface area contributed by atoms with Crippen molar-refractivity contribution in [2.24, 2.45) is 11.1 Å². The van der Waals surface area contributed by atoms with Crippen molar-refractivity contribution in [3.8, 4) is 11.6 Å². The number of ether oxygens (including phenoxy) is 1. The van der Waals surface area contributed by atoms with Crippen LogP contribution in [0.5, 0.6) is 11.6 Å². The molecule has 11 nitrogen and oxygen atoms in total. The standard InChI is InChI=1S/C30H25FN6O5/c31-20-4-8-22(9-5-20)37(28(40)30(16-17-30)27(32)39)23-10-12-24(13-11-23)42-26-15-18-33-29(35-26)34-21-6-1-19(2-7-21)3-14-25(38)36-41/h1-15,18,41H,16-17H2,(H2,32,39)(H,36,38)(H,33,34,35)/b14-3+. The van der Waals surface area contributed by atoms with E-state index in [1.54, 1.807) is 60.7 Å². The molecule has 0 radical (unpaired) electrons. The van der Waals surface area contributed by atoms with Crippen molar-refractivity contribution in [1.82, 2.24) is 15.4 Å². The maximum absolute atomic E-state index is 13.6. The van der Waals surface area contributed by atoms with Gasteiger partial charge in [-0.1, -0.05) is 12.1 Å². The highest BCUT2D eigenvalue weighted by molar-refractivity contribution is 6.16. The Morgan fingerprint density at radius 3 is 2.19 bits per heavy atom. The summed E-state index contributed by atoms with van der Waals surface area (Å²) < 4.78 is 19.5. The highest BCUT2D eigenvalue weighted by Crippen LogP contribution is 2.49. The van der Waals surface area contributed by atoms with E-state index in [0.29, 0.717) is 35.7 Å². The van der Waals surface area contributed by atoms with Gasteiger partial charge in [0.1, 0.15) is 17.0 Å². The maximum Gasteiger partial charge on any atom is 0.267 e. The minimum atomic E-state index is -1.28. The second-order valence-corrected chi connectivity index (χ2v) is 9.43. The van der Waals surface area contributed by atoms with E-state index in [0.717, 1.165) is 5.56 Å². The molecule has 0 unspecified atom stereocenters. The molecule has 5 N–H and O–H groups in total. The number of halogens is 1. The first-order valence-corrected chi connectivity index (χ1v) is 12.8. The molecule has 1 heterocycles. The number of nitrogens with two attached hydrogens (primary N) is 1. The summed E-state index contributed by atoms with van der Waals surface area (Å²) in [6, 6.07) is 20.6. The number of carbonyl (C=O) groups is 3. The molecule has 42 heavy (non-hydrogen) atoms. The van der Waals surface area contributed by atoms with Crippen molar-refractivity contribution in [3.05, 3.63) is 103 Å². The van der Waals surface area contributed by atoms with E-state index < -0.39 is 29.0 Å². The normalized spacial score (nSPS) is 13.3. The molecular weight excluding hydrogens is 543 g/mol. The van der Waals surface area contributed by atoms with E-state index in [1.807, 2.05) is 0 Å². The first-order chi connectivity index (χ1) is 20.3. The Labute approximate surface area is 239 Å². The van der Waals surface area contributed by atoms with Gasteiger partial charge in [0.2, 0.25) is 23.6 Å². The Bertz CT molecular complexity index is 1640. The molecule has 212 valence electrons. The number of carbonyl (C=O) groups excluding carboxylic acids is 3. The number of aromatic nitrogens is 2. The molecule has 0 bridgehead atoms. The average molecular weight is 569 g/mol. The number of hydrogen-bond donors (Lipinski definition) is 4. The molecule has 0 aliphatic heterocycles. The molecule has 1 fully saturated rings. The van der Waals surface area contributed by atoms with Crippen LogP contribution in [0.15, 0.2) is 91.1 Å². The number of benzene rings is 3. The Balaban J connectivity index is 1.30. The molecule has 0 atom stereocenters. The zero-order valence-corrected chi connectivity index (χ0v) is 22.0. The van der Waals surface area contributed by atoms with E-state index in [1.165, 1.54) is 46.9 Å². The Hall–Kier alpha value is -5.62. The molecule has 1 aliphatic rings. The van der Waals surface area contributed by atoms with Gasteiger partial charge in [0.25, 0.3) is 5.91 Å².